The molecule has 3 aromatic heterocycles. The van der Waals surface area contributed by atoms with E-state index in [0.29, 0.717) is 79.0 Å². The molecule has 3 atom stereocenters. The molecule has 13 rings (SSSR count). The molecule has 5 saturated heterocycles. The summed E-state index contributed by atoms with van der Waals surface area (Å²) in [5, 5.41) is 19.7. The highest BCUT2D eigenvalue weighted by Gasteiger charge is 2.51. The van der Waals surface area contributed by atoms with Gasteiger partial charge in [-0.3, -0.25) is 24.6 Å². The third kappa shape index (κ3) is 11.3. The number of imide groups is 1. The van der Waals surface area contributed by atoms with Crippen LogP contribution in [-0.2, 0) is 16.6 Å². The van der Waals surface area contributed by atoms with Crippen molar-refractivity contribution < 1.29 is 47.2 Å². The predicted octanol–water partition coefficient (Wildman–Crippen LogP) is 11.2. The molecule has 19 nitrogen and oxygen atoms in total. The first-order valence-electron chi connectivity index (χ1n) is 32.2. The van der Waals surface area contributed by atoms with Gasteiger partial charge in [-0.2, -0.15) is 15.1 Å². The highest BCUT2D eigenvalue weighted by molar-refractivity contribution is 6.90. The number of nitrogens with zero attached hydrogens (tertiary/aromatic N) is 10. The lowest BCUT2D eigenvalue weighted by molar-refractivity contribution is -0.120. The molecule has 3 aromatic carbocycles. The number of hydrogen-bond acceptors (Lipinski definition) is 14. The van der Waals surface area contributed by atoms with Gasteiger partial charge in [0.1, 0.15) is 42.1 Å². The molecule has 6 fully saturated rings. The lowest BCUT2D eigenvalue weighted by Gasteiger charge is -2.47. The second-order valence-electron chi connectivity index (χ2n) is 27.2. The van der Waals surface area contributed by atoms with Crippen LogP contribution >= 0.6 is 0 Å². The first-order chi connectivity index (χ1) is 42.8. The molecule has 2 N–H and O–H groups in total. The third-order valence-electron chi connectivity index (χ3n) is 21.0. The van der Waals surface area contributed by atoms with Gasteiger partial charge in [0.25, 0.3) is 0 Å². The number of methoxy groups -OCH3 is 1. The molecule has 4 amide bonds. The van der Waals surface area contributed by atoms with E-state index in [1.54, 1.807) is 28.0 Å². The van der Waals surface area contributed by atoms with Crippen molar-refractivity contribution in [3.63, 3.8) is 0 Å². The monoisotopic (exact) mass is 1240 g/mol. The zero-order valence-electron chi connectivity index (χ0n) is 52.5. The van der Waals surface area contributed by atoms with Crippen LogP contribution in [0.5, 0.6) is 17.6 Å². The van der Waals surface area contributed by atoms with Crippen LogP contribution in [0, 0.1) is 34.4 Å². The second-order valence-corrected chi connectivity index (χ2v) is 32.8. The summed E-state index contributed by atoms with van der Waals surface area (Å²) in [5.74, 6) is 4.30. The molecule has 1 aliphatic carbocycles. The lowest BCUT2D eigenvalue weighted by Crippen LogP contribution is -2.62. The number of hydrogen-bond donors (Lipinski definition) is 2. The number of carbonyl (C=O) groups excluding carboxylic acids is 2. The quantitative estimate of drug-likeness (QED) is 0.0528. The van der Waals surface area contributed by atoms with E-state index in [4.69, 9.17) is 39.0 Å². The smallest absolute Gasteiger partial charge is 0.407 e. The molecule has 2 bridgehead atoms. The van der Waals surface area contributed by atoms with Crippen molar-refractivity contribution in [3.8, 4) is 40.4 Å². The maximum Gasteiger partial charge on any atom is 0.407 e. The van der Waals surface area contributed by atoms with E-state index in [0.717, 1.165) is 88.7 Å². The summed E-state index contributed by atoms with van der Waals surface area (Å²) < 4.78 is 61.7. The number of ether oxygens (including phenoxy) is 4. The SMILES string of the molecule is COCOc1cc(-c2nc3c4c(nc(OCC5(CN6CCC(CN7CCC(c8ccc9c(N%10CCC(=O)NC%10=O)nn(C)c9c8)CC7)CC6)CC5)nc4c2F)N2C[C@H]4CC[C@@H]([C@H]2CCO3)N4C(=O)O)c2c(C#C[Si](C(C)C)(C(C)C)C(C)C)c(F)ccc2c1. The summed E-state index contributed by atoms with van der Waals surface area (Å²) in [6.07, 6.45) is 7.45. The number of benzene rings is 3. The molecule has 0 spiro atoms. The number of likely N-dealkylation sites (tertiary alicyclic amines) is 2. The summed E-state index contributed by atoms with van der Waals surface area (Å²) in [7, 11) is 1.04. The summed E-state index contributed by atoms with van der Waals surface area (Å²) in [4.78, 5) is 62.8. The van der Waals surface area contributed by atoms with Crippen molar-refractivity contribution in [2.45, 2.75) is 146 Å². The number of piperidine rings is 2. The number of pyridine rings is 1. The molecule has 1 saturated carbocycles. The Balaban J connectivity index is 0.749. The zero-order chi connectivity index (χ0) is 62.2. The molecular weight excluding hydrogens is 1150 g/mol. The van der Waals surface area contributed by atoms with E-state index < -0.39 is 31.8 Å². The molecule has 0 radical (unpaired) electrons. The number of urea groups is 1. The van der Waals surface area contributed by atoms with Crippen LogP contribution in [0.1, 0.15) is 123 Å². The summed E-state index contributed by atoms with van der Waals surface area (Å²) in [5.41, 5.74) is 6.91. The van der Waals surface area contributed by atoms with Gasteiger partial charge in [0, 0.05) is 74.9 Å². The largest absolute Gasteiger partial charge is 0.477 e. The van der Waals surface area contributed by atoms with Crippen LogP contribution in [0.3, 0.4) is 0 Å². The van der Waals surface area contributed by atoms with Gasteiger partial charge in [-0.25, -0.2) is 23.4 Å². The first-order valence-corrected chi connectivity index (χ1v) is 34.5. The van der Waals surface area contributed by atoms with E-state index in [1.807, 2.05) is 11.7 Å². The second kappa shape index (κ2) is 24.2. The number of aryl methyl sites for hydroxylation is 1. The van der Waals surface area contributed by atoms with Crippen LogP contribution in [0.4, 0.5) is 30.0 Å². The Morgan fingerprint density at radius 3 is 2.31 bits per heavy atom. The maximum absolute atomic E-state index is 18.5. The lowest BCUT2D eigenvalue weighted by atomic mass is 9.88. The van der Waals surface area contributed by atoms with E-state index >= 15 is 8.78 Å². The van der Waals surface area contributed by atoms with Crippen LogP contribution in [-0.4, -0.2) is 168 Å². The van der Waals surface area contributed by atoms with Gasteiger partial charge >= 0.3 is 18.1 Å². The number of nitrogens with one attached hydrogen (secondary N) is 1. The van der Waals surface area contributed by atoms with Crippen molar-refractivity contribution in [3.05, 3.63) is 65.2 Å². The van der Waals surface area contributed by atoms with Gasteiger partial charge in [-0.05, 0) is 147 Å². The van der Waals surface area contributed by atoms with E-state index in [2.05, 4.69) is 91.2 Å². The summed E-state index contributed by atoms with van der Waals surface area (Å²) in [6.45, 7) is 20.4. The fourth-order valence-corrected chi connectivity index (χ4v) is 21.4. The first kappa shape index (κ1) is 60.7. The van der Waals surface area contributed by atoms with Crippen LogP contribution in [0.2, 0.25) is 16.6 Å². The van der Waals surface area contributed by atoms with Crippen molar-refractivity contribution in [1.29, 1.82) is 0 Å². The average Bonchev–Trinajstić information content (AvgIpc) is 1.62. The number of aromatic nitrogens is 5. The Morgan fingerprint density at radius 2 is 1.61 bits per heavy atom. The number of rotatable bonds is 16. The minimum absolute atomic E-state index is 0.0159. The van der Waals surface area contributed by atoms with E-state index in [-0.39, 0.29) is 106 Å². The Kier molecular flexibility index (Phi) is 16.5. The van der Waals surface area contributed by atoms with Crippen molar-refractivity contribution in [2.24, 2.45) is 18.4 Å². The average molecular weight is 1240 g/mol. The Morgan fingerprint density at radius 1 is 0.854 bits per heavy atom. The molecule has 6 aliphatic heterocycles. The van der Waals surface area contributed by atoms with Gasteiger partial charge in [0.15, 0.2) is 18.4 Å². The molecule has 7 aliphatic rings. The Hall–Kier alpha value is -7.19. The van der Waals surface area contributed by atoms with Crippen LogP contribution < -0.4 is 29.3 Å². The molecule has 89 heavy (non-hydrogen) atoms. The Bertz CT molecular complexity index is 3790. The number of halogens is 2. The molecule has 472 valence electrons. The number of carboxylic acid groups (broad SMARTS) is 1. The number of amides is 4. The van der Waals surface area contributed by atoms with Gasteiger partial charge in [0.2, 0.25) is 11.8 Å². The highest BCUT2D eigenvalue weighted by Crippen LogP contribution is 2.50. The molecule has 6 aromatic rings. The number of piperazine rings is 1. The fraction of sp³-hybridized carbons (Fsp3) is 0.567. The van der Waals surface area contributed by atoms with Crippen LogP contribution in [0.25, 0.3) is 43.8 Å². The minimum atomic E-state index is -2.38. The zero-order valence-corrected chi connectivity index (χ0v) is 53.5. The molecular formula is C67H83F2N11O8Si. The fourth-order valence-electron chi connectivity index (χ4n) is 16.2. The van der Waals surface area contributed by atoms with Crippen LogP contribution in [0.15, 0.2) is 42.5 Å². The van der Waals surface area contributed by atoms with Gasteiger partial charge in [-0.15, -0.1) is 5.54 Å². The standard InChI is InChI=1S/C67H83F2N11O8Si/c1-39(2)89(40(3)4,41(5)6)30-21-48-51(68)13-10-45-31-47(88-38-85-8)33-50(56(45)48)59-58(69)60-57-62(79-35-46-11-14-53(80(46)66(83)84)52(79)20-29-86-63(57)71-59)73-64(72-60)87-37-67(22-23-67)36-77-24-15-42(16-25-77)34-76-26-17-43(18-27-76)44-9-12-49-54(32-44)75(7)74-61(49)78-28-19-55(81)70-65(78)82/h9-10,12-13,31-33,39-43,46,52-53H,11,14-20,22-29,34-38H2,1-8H3,(H,83,84)(H,70,81,82)/t46-,52-,53+/m1/s1. The van der Waals surface area contributed by atoms with Crippen molar-refractivity contribution in [2.75, 3.05) is 89.3 Å². The third-order valence-corrected chi connectivity index (χ3v) is 27.3. The van der Waals surface area contributed by atoms with Crippen molar-refractivity contribution in [1.82, 2.24) is 44.7 Å². The molecule has 0 unspecified atom stereocenters. The van der Waals surface area contributed by atoms with E-state index in [9.17, 15) is 19.5 Å². The Labute approximate surface area is 519 Å². The minimum Gasteiger partial charge on any atom is -0.477 e. The number of anilines is 2. The van der Waals surface area contributed by atoms with Gasteiger partial charge < -0.3 is 38.8 Å². The van der Waals surface area contributed by atoms with E-state index in [1.165, 1.54) is 18.7 Å². The predicted molar refractivity (Wildman–Crippen MR) is 339 cm³/mol. The topological polar surface area (TPSA) is 193 Å². The summed E-state index contributed by atoms with van der Waals surface area (Å²) >= 11 is 0. The van der Waals surface area contributed by atoms with Gasteiger partial charge in [-0.1, -0.05) is 59.6 Å². The number of carbonyl (C=O) groups is 3. The summed E-state index contributed by atoms with van der Waals surface area (Å²) in [6, 6.07) is 11.6. The maximum atomic E-state index is 18.5. The number of fused-ring (bicyclic) bond motifs is 7. The van der Waals surface area contributed by atoms with Gasteiger partial charge in [0.05, 0.1) is 42.4 Å². The van der Waals surface area contributed by atoms with Crippen molar-refractivity contribution >= 4 is 70.3 Å². The molecule has 9 heterocycles. The highest BCUT2D eigenvalue weighted by atomic mass is 28.3. The molecule has 22 heteroatoms. The normalized spacial score (nSPS) is 21.8.